The van der Waals surface area contributed by atoms with Crippen molar-refractivity contribution in [1.29, 1.82) is 0 Å². The van der Waals surface area contributed by atoms with Gasteiger partial charge in [-0.05, 0) is 61.3 Å². The Bertz CT molecular complexity index is 661. The van der Waals surface area contributed by atoms with Gasteiger partial charge in [0.15, 0.2) is 5.52 Å². The minimum absolute atomic E-state index is 0.0538. The van der Waals surface area contributed by atoms with E-state index in [4.69, 9.17) is 11.6 Å². The third-order valence-electron chi connectivity index (χ3n) is 4.33. The predicted molar refractivity (Wildman–Crippen MR) is 75.7 cm³/mol. The van der Waals surface area contributed by atoms with Crippen LogP contribution in [-0.4, -0.2) is 16.9 Å². The lowest BCUT2D eigenvalue weighted by Gasteiger charge is -2.15. The van der Waals surface area contributed by atoms with Crippen LogP contribution in [0.15, 0.2) is 24.4 Å². The van der Waals surface area contributed by atoms with Crippen LogP contribution in [0.2, 0.25) is 5.15 Å². The summed E-state index contributed by atoms with van der Waals surface area (Å²) in [5.74, 6) is 1.83. The topological polar surface area (TPSA) is 49.0 Å². The number of halogens is 1. The molecule has 2 aromatic rings. The molecule has 0 bridgehead atoms. The Kier molecular flexibility index (Phi) is 2.74. The Morgan fingerprint density at radius 3 is 2.65 bits per heavy atom. The van der Waals surface area contributed by atoms with Gasteiger partial charge in [-0.1, -0.05) is 6.07 Å². The second kappa shape index (κ2) is 4.48. The van der Waals surface area contributed by atoms with Gasteiger partial charge in [0, 0.05) is 6.04 Å². The highest BCUT2D eigenvalue weighted by atomic mass is 35.5. The molecule has 0 aromatic carbocycles. The molecule has 2 N–H and O–H groups in total. The van der Waals surface area contributed by atoms with Crippen molar-refractivity contribution in [2.75, 3.05) is 0 Å². The van der Waals surface area contributed by atoms with E-state index in [9.17, 15) is 4.79 Å². The molecule has 0 radical (unpaired) electrons. The van der Waals surface area contributed by atoms with E-state index in [0.717, 1.165) is 5.52 Å². The van der Waals surface area contributed by atoms with Crippen molar-refractivity contribution in [2.24, 2.45) is 11.8 Å². The van der Waals surface area contributed by atoms with Crippen LogP contribution in [0.25, 0.3) is 5.52 Å². The number of aromatic amines is 1. The summed E-state index contributed by atoms with van der Waals surface area (Å²) in [6.07, 6.45) is 6.86. The number of fused-ring (bicyclic) bond motifs is 1. The number of aromatic nitrogens is 2. The fourth-order valence-corrected chi connectivity index (χ4v) is 3.21. The maximum Gasteiger partial charge on any atom is 0.352 e. The summed E-state index contributed by atoms with van der Waals surface area (Å²) in [6.45, 7) is 0. The molecular formula is C15H17ClN3O+. The summed E-state index contributed by atoms with van der Waals surface area (Å²) in [5.41, 5.74) is 0.828. The van der Waals surface area contributed by atoms with Gasteiger partial charge in [-0.25, -0.2) is 4.98 Å². The number of nitrogens with one attached hydrogen (secondary N) is 2. The molecule has 0 atom stereocenters. The van der Waals surface area contributed by atoms with Gasteiger partial charge in [0.1, 0.15) is 0 Å². The largest absolute Gasteiger partial charge is 0.352 e. The summed E-state index contributed by atoms with van der Waals surface area (Å²) < 4.78 is 1.81. The monoisotopic (exact) mass is 290 g/mol. The van der Waals surface area contributed by atoms with Gasteiger partial charge >= 0.3 is 11.7 Å². The molecule has 2 saturated carbocycles. The Morgan fingerprint density at radius 1 is 1.30 bits per heavy atom. The minimum atomic E-state index is -0.0538. The zero-order valence-electron chi connectivity index (χ0n) is 11.1. The number of hydrogen-bond donors (Lipinski definition) is 2. The molecule has 2 heterocycles. The standard InChI is InChI=1S/C15H16ClN3O/c16-13-11-3-1-2-8-19(11)14(18-13)15(20)17-12(9-4-5-9)10-6-7-10/h1-3,8-10,12H,4-7H2,(H,17,20)/p+1. The molecule has 4 rings (SSSR count). The number of imidazole rings is 1. The number of rotatable bonds is 4. The van der Waals surface area contributed by atoms with Gasteiger partial charge < -0.3 is 5.32 Å². The Labute approximate surface area is 122 Å². The molecular weight excluding hydrogens is 274 g/mol. The predicted octanol–water partition coefficient (Wildman–Crippen LogP) is 2.33. The van der Waals surface area contributed by atoms with Crippen LogP contribution < -0.4 is 9.72 Å². The molecule has 4 nitrogen and oxygen atoms in total. The van der Waals surface area contributed by atoms with Gasteiger partial charge in [0.05, 0.1) is 6.20 Å². The van der Waals surface area contributed by atoms with Gasteiger partial charge in [-0.15, -0.1) is 0 Å². The van der Waals surface area contributed by atoms with Crippen LogP contribution in [0, 0.1) is 11.8 Å². The maximum atomic E-state index is 12.5. The van der Waals surface area contributed by atoms with E-state index < -0.39 is 0 Å². The van der Waals surface area contributed by atoms with E-state index in [1.165, 1.54) is 25.7 Å². The van der Waals surface area contributed by atoms with Crippen LogP contribution >= 0.6 is 11.6 Å². The lowest BCUT2D eigenvalue weighted by molar-refractivity contribution is -0.514. The molecule has 0 unspecified atom stereocenters. The van der Waals surface area contributed by atoms with E-state index in [1.807, 2.05) is 28.8 Å². The Balaban J connectivity index is 1.63. The molecule has 5 heteroatoms. The second-order valence-corrected chi connectivity index (χ2v) is 6.30. The Hall–Kier alpha value is -1.55. The molecule has 104 valence electrons. The number of nitrogens with zero attached hydrogens (tertiary/aromatic N) is 1. The summed E-state index contributed by atoms with van der Waals surface area (Å²) in [5, 5.41) is 3.72. The first kappa shape index (κ1) is 12.2. The van der Waals surface area contributed by atoms with Gasteiger partial charge in [0.25, 0.3) is 0 Å². The van der Waals surface area contributed by atoms with Crippen LogP contribution in [0.3, 0.4) is 0 Å². The van der Waals surface area contributed by atoms with Crippen molar-refractivity contribution < 1.29 is 9.20 Å². The fraction of sp³-hybridized carbons (Fsp3) is 0.467. The first-order chi connectivity index (χ1) is 9.74. The van der Waals surface area contributed by atoms with Crippen LogP contribution in [0.4, 0.5) is 0 Å². The van der Waals surface area contributed by atoms with E-state index in [2.05, 4.69) is 10.3 Å². The van der Waals surface area contributed by atoms with Crippen molar-refractivity contribution in [3.05, 3.63) is 35.4 Å². The molecule has 2 aliphatic rings. The normalized spacial score (nSPS) is 18.7. The highest BCUT2D eigenvalue weighted by Gasteiger charge is 2.43. The number of carbonyl (C=O) groups is 1. The highest BCUT2D eigenvalue weighted by molar-refractivity contribution is 6.32. The highest BCUT2D eigenvalue weighted by Crippen LogP contribution is 2.44. The lowest BCUT2D eigenvalue weighted by atomic mass is 10.1. The van der Waals surface area contributed by atoms with Crippen LogP contribution in [-0.2, 0) is 0 Å². The quantitative estimate of drug-likeness (QED) is 0.834. The number of carbonyl (C=O) groups excluding carboxylic acids is 1. The minimum Gasteiger partial charge on any atom is -0.342 e. The molecule has 2 fully saturated rings. The second-order valence-electron chi connectivity index (χ2n) is 5.92. The van der Waals surface area contributed by atoms with E-state index in [-0.39, 0.29) is 5.91 Å². The number of H-pyrrole nitrogens is 1. The molecule has 0 saturated heterocycles. The van der Waals surface area contributed by atoms with Gasteiger partial charge in [0.2, 0.25) is 5.15 Å². The average molecular weight is 291 g/mol. The van der Waals surface area contributed by atoms with Crippen molar-refractivity contribution in [3.63, 3.8) is 0 Å². The zero-order chi connectivity index (χ0) is 13.7. The van der Waals surface area contributed by atoms with Crippen molar-refractivity contribution in [3.8, 4) is 0 Å². The van der Waals surface area contributed by atoms with Crippen molar-refractivity contribution >= 4 is 23.0 Å². The fourth-order valence-electron chi connectivity index (χ4n) is 2.96. The molecule has 20 heavy (non-hydrogen) atoms. The van der Waals surface area contributed by atoms with E-state index in [0.29, 0.717) is 28.9 Å². The first-order valence-corrected chi connectivity index (χ1v) is 7.60. The van der Waals surface area contributed by atoms with Crippen LogP contribution in [0.5, 0.6) is 0 Å². The molecule has 0 aliphatic heterocycles. The number of hydrogen-bond acceptors (Lipinski definition) is 1. The smallest absolute Gasteiger partial charge is 0.342 e. The molecule has 1 amide bonds. The lowest BCUT2D eigenvalue weighted by Crippen LogP contribution is -2.42. The summed E-state index contributed by atoms with van der Waals surface area (Å²) >= 11 is 6.15. The molecule has 2 aliphatic carbocycles. The van der Waals surface area contributed by atoms with Crippen LogP contribution in [0.1, 0.15) is 36.3 Å². The van der Waals surface area contributed by atoms with Gasteiger partial charge in [-0.3, -0.25) is 4.79 Å². The number of pyridine rings is 1. The summed E-state index contributed by atoms with van der Waals surface area (Å²) in [7, 11) is 0. The van der Waals surface area contributed by atoms with E-state index >= 15 is 0 Å². The zero-order valence-corrected chi connectivity index (χ0v) is 11.9. The first-order valence-electron chi connectivity index (χ1n) is 7.23. The SMILES string of the molecule is O=C(NC(C1CC1)C1CC1)c1[nH]c(Cl)c2cccc[n+]12. The van der Waals surface area contributed by atoms with E-state index in [1.54, 1.807) is 0 Å². The number of amides is 1. The molecule has 2 aromatic heterocycles. The third-order valence-corrected chi connectivity index (χ3v) is 4.61. The summed E-state index contributed by atoms with van der Waals surface area (Å²) in [6, 6.07) is 6.06. The summed E-state index contributed by atoms with van der Waals surface area (Å²) in [4.78, 5) is 15.5. The molecule has 0 spiro atoms. The van der Waals surface area contributed by atoms with Crippen molar-refractivity contribution in [2.45, 2.75) is 31.7 Å². The van der Waals surface area contributed by atoms with Crippen molar-refractivity contribution in [1.82, 2.24) is 10.3 Å². The maximum absolute atomic E-state index is 12.5. The van der Waals surface area contributed by atoms with Gasteiger partial charge in [-0.2, -0.15) is 4.40 Å². The average Bonchev–Trinajstić information content (AvgIpc) is 3.35. The third kappa shape index (κ3) is 2.08. The Morgan fingerprint density at radius 2 is 2.00 bits per heavy atom.